The van der Waals surface area contributed by atoms with Crippen LogP contribution in [0.5, 0.6) is 11.5 Å². The zero-order valence-corrected chi connectivity index (χ0v) is 20.9. The average molecular weight is 483 g/mol. The molecule has 1 amide bonds. The number of esters is 1. The lowest BCUT2D eigenvalue weighted by Gasteiger charge is -2.38. The molecule has 0 saturated heterocycles. The summed E-state index contributed by atoms with van der Waals surface area (Å²) < 4.78 is 11.5. The quantitative estimate of drug-likeness (QED) is 0.230. The van der Waals surface area contributed by atoms with Gasteiger partial charge in [0.1, 0.15) is 17.1 Å². The zero-order valence-electron chi connectivity index (χ0n) is 20.9. The monoisotopic (exact) mass is 482 g/mol. The highest BCUT2D eigenvalue weighted by Gasteiger charge is 2.34. The number of phenolic OH excluding ortho intramolecular Hbond substituents is 1. The number of benzene rings is 2. The number of aromatic hydroxyl groups is 1. The molecule has 2 aromatic carbocycles. The Morgan fingerprint density at radius 2 is 1.86 bits per heavy atom. The van der Waals surface area contributed by atoms with Gasteiger partial charge in [-0.1, -0.05) is 0 Å². The van der Waals surface area contributed by atoms with Crippen molar-refractivity contribution in [3.8, 4) is 11.5 Å². The Balaban J connectivity index is 1.72. The molecule has 6 N–H and O–H groups in total. The Morgan fingerprint density at radius 3 is 2.51 bits per heavy atom. The summed E-state index contributed by atoms with van der Waals surface area (Å²) in [7, 11) is 0. The van der Waals surface area contributed by atoms with E-state index in [-0.39, 0.29) is 29.6 Å². The van der Waals surface area contributed by atoms with E-state index in [1.54, 1.807) is 6.92 Å². The van der Waals surface area contributed by atoms with Crippen molar-refractivity contribution >= 4 is 23.5 Å². The zero-order chi connectivity index (χ0) is 25.9. The van der Waals surface area contributed by atoms with Gasteiger partial charge in [0.25, 0.3) is 5.91 Å². The van der Waals surface area contributed by atoms with Crippen LogP contribution in [-0.4, -0.2) is 41.7 Å². The lowest BCUT2D eigenvalue weighted by atomic mass is 9.85. The Labute approximate surface area is 205 Å². The number of carbonyl (C=O) groups is 2. The number of hydrogen-bond donors (Lipinski definition) is 5. The van der Waals surface area contributed by atoms with Crippen molar-refractivity contribution in [2.24, 2.45) is 5.73 Å². The van der Waals surface area contributed by atoms with E-state index in [2.05, 4.69) is 10.6 Å². The molecular weight excluding hydrogens is 448 g/mol. The first-order chi connectivity index (χ1) is 16.5. The second-order valence-corrected chi connectivity index (χ2v) is 9.15. The number of nitrogens with two attached hydrogens (primary N) is 1. The second kappa shape index (κ2) is 10.2. The summed E-state index contributed by atoms with van der Waals surface area (Å²) in [4.78, 5) is 25.1. The summed E-state index contributed by atoms with van der Waals surface area (Å²) >= 11 is 0. The third-order valence-corrected chi connectivity index (χ3v) is 6.52. The molecule has 3 rings (SSSR count). The highest BCUT2D eigenvalue weighted by atomic mass is 16.5. The number of amides is 1. The molecule has 0 bridgehead atoms. The highest BCUT2D eigenvalue weighted by molar-refractivity contribution is 6.01. The molecule has 9 heteroatoms. The number of hydrogen-bond acceptors (Lipinski definition) is 6. The summed E-state index contributed by atoms with van der Waals surface area (Å²) in [6.45, 7) is 10.0. The van der Waals surface area contributed by atoms with Crippen LogP contribution in [0, 0.1) is 26.2 Å². The maximum absolute atomic E-state index is 12.9. The van der Waals surface area contributed by atoms with Gasteiger partial charge < -0.3 is 30.9 Å². The van der Waals surface area contributed by atoms with Gasteiger partial charge in [-0.25, -0.2) is 4.79 Å². The molecule has 0 saturated carbocycles. The van der Waals surface area contributed by atoms with Crippen LogP contribution in [0.15, 0.2) is 18.2 Å². The van der Waals surface area contributed by atoms with Gasteiger partial charge in [0.05, 0.1) is 12.2 Å². The predicted molar refractivity (Wildman–Crippen MR) is 135 cm³/mol. The molecule has 9 nitrogen and oxygen atoms in total. The minimum absolute atomic E-state index is 0.187. The minimum Gasteiger partial charge on any atom is -0.507 e. The first kappa shape index (κ1) is 25.9. The van der Waals surface area contributed by atoms with Crippen molar-refractivity contribution < 1.29 is 24.2 Å². The minimum atomic E-state index is -0.567. The maximum Gasteiger partial charge on any atom is 0.338 e. The molecule has 1 atom stereocenters. The van der Waals surface area contributed by atoms with Crippen molar-refractivity contribution in [3.05, 3.63) is 51.6 Å². The van der Waals surface area contributed by atoms with Crippen molar-refractivity contribution in [1.29, 1.82) is 5.41 Å². The third kappa shape index (κ3) is 5.67. The van der Waals surface area contributed by atoms with E-state index in [1.807, 2.05) is 27.7 Å². The number of phenols is 1. The summed E-state index contributed by atoms with van der Waals surface area (Å²) in [5.74, 6) is -0.101. The van der Waals surface area contributed by atoms with Gasteiger partial charge in [0.2, 0.25) is 0 Å². The van der Waals surface area contributed by atoms with Crippen molar-refractivity contribution in [1.82, 2.24) is 5.32 Å². The summed E-state index contributed by atoms with van der Waals surface area (Å²) in [6, 6.07) is 4.46. The molecule has 1 aliphatic heterocycles. The maximum atomic E-state index is 12.9. The summed E-state index contributed by atoms with van der Waals surface area (Å²) in [5.41, 5.74) is 9.35. The Hall–Kier alpha value is -3.75. The smallest absolute Gasteiger partial charge is 0.338 e. The van der Waals surface area contributed by atoms with Crippen LogP contribution in [0.4, 0.5) is 5.69 Å². The van der Waals surface area contributed by atoms with Crippen LogP contribution < -0.4 is 21.1 Å². The molecular formula is C26H34N4O5. The molecule has 0 fully saturated rings. The molecule has 0 radical (unpaired) electrons. The van der Waals surface area contributed by atoms with Gasteiger partial charge in [-0.05, 0) is 82.3 Å². The fourth-order valence-electron chi connectivity index (χ4n) is 4.33. The average Bonchev–Trinajstić information content (AvgIpc) is 2.80. The van der Waals surface area contributed by atoms with Crippen molar-refractivity contribution in [2.45, 2.75) is 59.5 Å². The molecule has 0 aromatic heterocycles. The first-order valence-electron chi connectivity index (χ1n) is 11.7. The molecule has 2 aromatic rings. The van der Waals surface area contributed by atoms with E-state index in [1.165, 1.54) is 18.2 Å². The number of anilines is 1. The van der Waals surface area contributed by atoms with E-state index in [9.17, 15) is 14.7 Å². The number of nitrogens with one attached hydrogen (secondary N) is 3. The number of rotatable bonds is 7. The van der Waals surface area contributed by atoms with E-state index >= 15 is 0 Å². The van der Waals surface area contributed by atoms with Gasteiger partial charge in [0, 0.05) is 29.8 Å². The molecule has 188 valence electrons. The Bertz CT molecular complexity index is 1180. The fourth-order valence-corrected chi connectivity index (χ4v) is 4.33. The van der Waals surface area contributed by atoms with Crippen molar-refractivity contribution in [3.63, 3.8) is 0 Å². The van der Waals surface area contributed by atoms with Crippen LogP contribution >= 0.6 is 0 Å². The number of fused-ring (bicyclic) bond motifs is 1. The van der Waals surface area contributed by atoms with Gasteiger partial charge in [-0.3, -0.25) is 10.2 Å². The largest absolute Gasteiger partial charge is 0.507 e. The van der Waals surface area contributed by atoms with Gasteiger partial charge in [-0.2, -0.15) is 0 Å². The lowest BCUT2D eigenvalue weighted by Crippen LogP contribution is -2.40. The SMILES string of the molecule is CCOC(=O)c1cc(NC(=N)N)cc(C(=O)NCCC2(C)CCc3c(C)c(O)c(C)c(C)c3O2)c1. The second-order valence-electron chi connectivity index (χ2n) is 9.15. The summed E-state index contributed by atoms with van der Waals surface area (Å²) in [5, 5.41) is 23.3. The molecule has 0 spiro atoms. The van der Waals surface area contributed by atoms with Crippen LogP contribution in [0.25, 0.3) is 0 Å². The molecule has 0 aliphatic carbocycles. The van der Waals surface area contributed by atoms with E-state index in [4.69, 9.17) is 20.6 Å². The molecule has 1 heterocycles. The highest BCUT2D eigenvalue weighted by Crippen LogP contribution is 2.43. The van der Waals surface area contributed by atoms with E-state index < -0.39 is 11.6 Å². The van der Waals surface area contributed by atoms with E-state index in [0.29, 0.717) is 24.4 Å². The van der Waals surface area contributed by atoms with Gasteiger partial charge in [-0.15, -0.1) is 0 Å². The topological polar surface area (TPSA) is 147 Å². The van der Waals surface area contributed by atoms with E-state index in [0.717, 1.165) is 40.8 Å². The number of guanidine groups is 1. The first-order valence-corrected chi connectivity index (χ1v) is 11.7. The van der Waals surface area contributed by atoms with Gasteiger partial charge >= 0.3 is 5.97 Å². The summed E-state index contributed by atoms with van der Waals surface area (Å²) in [6.07, 6.45) is 2.11. The van der Waals surface area contributed by atoms with Crippen molar-refractivity contribution in [2.75, 3.05) is 18.5 Å². The Morgan fingerprint density at radius 1 is 1.17 bits per heavy atom. The molecule has 1 aliphatic rings. The standard InChI is InChI=1S/C26H34N4O5/c1-6-34-24(33)18-11-17(12-19(13-18)30-25(27)28)23(32)29-10-9-26(5)8-7-20-16(4)21(31)14(2)15(3)22(20)35-26/h11-13,31H,6-10H2,1-5H3,(H,29,32)(H4,27,28,30). The fraction of sp³-hybridized carbons (Fsp3) is 0.423. The third-order valence-electron chi connectivity index (χ3n) is 6.52. The van der Waals surface area contributed by atoms with Crippen LogP contribution in [0.1, 0.15) is 69.7 Å². The molecule has 35 heavy (non-hydrogen) atoms. The number of ether oxygens (including phenoxy) is 2. The molecule has 1 unspecified atom stereocenters. The van der Waals surface area contributed by atoms with Crippen LogP contribution in [0.3, 0.4) is 0 Å². The number of carbonyl (C=O) groups excluding carboxylic acids is 2. The van der Waals surface area contributed by atoms with Gasteiger partial charge in [0.15, 0.2) is 5.96 Å². The normalized spacial score (nSPS) is 16.6. The van der Waals surface area contributed by atoms with Crippen LogP contribution in [-0.2, 0) is 11.2 Å². The lowest BCUT2D eigenvalue weighted by molar-refractivity contribution is 0.0525. The predicted octanol–water partition coefficient (Wildman–Crippen LogP) is 3.70. The van der Waals surface area contributed by atoms with Crippen LogP contribution in [0.2, 0.25) is 0 Å². The Kier molecular flexibility index (Phi) is 7.57.